The number of carbonyl (C=O) groups is 2. The Kier molecular flexibility index (Phi) is 3.67. The summed E-state index contributed by atoms with van der Waals surface area (Å²) in [6, 6.07) is 7.75. The van der Waals surface area contributed by atoms with Crippen molar-refractivity contribution in [2.24, 2.45) is 5.41 Å². The van der Waals surface area contributed by atoms with Crippen LogP contribution in [0.15, 0.2) is 28.7 Å². The summed E-state index contributed by atoms with van der Waals surface area (Å²) in [5.41, 5.74) is 0.968. The lowest BCUT2D eigenvalue weighted by atomic mass is 9.76. The van der Waals surface area contributed by atoms with E-state index in [9.17, 15) is 9.59 Å². The van der Waals surface area contributed by atoms with Crippen LogP contribution >= 0.6 is 15.9 Å². The van der Waals surface area contributed by atoms with Crippen LogP contribution in [0.25, 0.3) is 0 Å². The minimum atomic E-state index is -0.0153. The molecule has 0 bridgehead atoms. The summed E-state index contributed by atoms with van der Waals surface area (Å²) in [5, 5.41) is 0. The third-order valence-electron chi connectivity index (χ3n) is 4.61. The first-order valence-electron chi connectivity index (χ1n) is 7.16. The van der Waals surface area contributed by atoms with Gasteiger partial charge in [-0.25, -0.2) is 0 Å². The zero-order valence-electron chi connectivity index (χ0n) is 11.4. The number of benzene rings is 1. The number of likely N-dealkylation sites (tertiary alicyclic amines) is 1. The number of piperidine rings is 1. The molecule has 1 aromatic rings. The van der Waals surface area contributed by atoms with Crippen LogP contribution in [-0.2, 0) is 16.1 Å². The number of imide groups is 1. The van der Waals surface area contributed by atoms with E-state index < -0.39 is 0 Å². The zero-order chi connectivity index (χ0) is 14.2. The van der Waals surface area contributed by atoms with Crippen LogP contribution in [0.5, 0.6) is 0 Å². The number of carbonyl (C=O) groups excluding carboxylic acids is 2. The van der Waals surface area contributed by atoms with E-state index >= 15 is 0 Å². The van der Waals surface area contributed by atoms with E-state index in [-0.39, 0.29) is 17.2 Å². The highest BCUT2D eigenvalue weighted by Crippen LogP contribution is 2.47. The van der Waals surface area contributed by atoms with Crippen LogP contribution in [0.4, 0.5) is 0 Å². The highest BCUT2D eigenvalue weighted by atomic mass is 79.9. The van der Waals surface area contributed by atoms with E-state index in [2.05, 4.69) is 15.9 Å². The molecule has 2 amide bonds. The summed E-state index contributed by atoms with van der Waals surface area (Å²) in [7, 11) is 0. The van der Waals surface area contributed by atoms with E-state index in [0.717, 1.165) is 35.7 Å². The van der Waals surface area contributed by atoms with Crippen molar-refractivity contribution in [1.82, 2.24) is 4.90 Å². The first kappa shape index (κ1) is 13.8. The lowest BCUT2D eigenvalue weighted by Crippen LogP contribution is -2.46. The maximum absolute atomic E-state index is 12.4. The van der Waals surface area contributed by atoms with Gasteiger partial charge in [-0.15, -0.1) is 0 Å². The Morgan fingerprint density at radius 2 is 1.65 bits per heavy atom. The molecule has 2 fully saturated rings. The van der Waals surface area contributed by atoms with E-state index in [1.807, 2.05) is 24.3 Å². The SMILES string of the molecule is O=C1CC2(CCCC2)CC(=O)N1Cc1ccccc1Br. The van der Waals surface area contributed by atoms with E-state index in [1.54, 1.807) is 0 Å². The van der Waals surface area contributed by atoms with Crippen LogP contribution in [0.2, 0.25) is 0 Å². The van der Waals surface area contributed by atoms with Crippen molar-refractivity contribution in [3.8, 4) is 0 Å². The molecule has 0 aromatic heterocycles. The minimum Gasteiger partial charge on any atom is -0.278 e. The van der Waals surface area contributed by atoms with Crippen LogP contribution in [-0.4, -0.2) is 16.7 Å². The molecule has 0 atom stereocenters. The van der Waals surface area contributed by atoms with Crippen molar-refractivity contribution in [2.75, 3.05) is 0 Å². The predicted octanol–water partition coefficient (Wildman–Crippen LogP) is 3.66. The second kappa shape index (κ2) is 5.32. The second-order valence-electron chi connectivity index (χ2n) is 6.03. The molecule has 1 saturated heterocycles. The molecule has 4 heteroatoms. The van der Waals surface area contributed by atoms with Crippen LogP contribution in [0.1, 0.15) is 44.1 Å². The molecule has 1 heterocycles. The summed E-state index contributed by atoms with van der Waals surface area (Å²) in [6.45, 7) is 0.384. The largest absolute Gasteiger partial charge is 0.278 e. The van der Waals surface area contributed by atoms with E-state index in [0.29, 0.717) is 19.4 Å². The summed E-state index contributed by atoms with van der Waals surface area (Å²) in [4.78, 5) is 26.2. The maximum Gasteiger partial charge on any atom is 0.230 e. The normalized spacial score (nSPS) is 21.8. The van der Waals surface area contributed by atoms with Gasteiger partial charge in [-0.2, -0.15) is 0 Å². The Hall–Kier alpha value is -1.16. The molecule has 0 unspecified atom stereocenters. The highest BCUT2D eigenvalue weighted by Gasteiger charge is 2.44. The fourth-order valence-corrected chi connectivity index (χ4v) is 3.90. The molecular formula is C16H18BrNO2. The average molecular weight is 336 g/mol. The van der Waals surface area contributed by atoms with Crippen LogP contribution < -0.4 is 0 Å². The van der Waals surface area contributed by atoms with Gasteiger partial charge in [0.25, 0.3) is 0 Å². The lowest BCUT2D eigenvalue weighted by Gasteiger charge is -2.37. The summed E-state index contributed by atoms with van der Waals surface area (Å²) in [6.07, 6.45) is 5.47. The van der Waals surface area contributed by atoms with Gasteiger partial charge in [0.1, 0.15) is 0 Å². The van der Waals surface area contributed by atoms with Crippen molar-refractivity contribution in [2.45, 2.75) is 45.1 Å². The van der Waals surface area contributed by atoms with Crippen molar-refractivity contribution in [3.05, 3.63) is 34.3 Å². The average Bonchev–Trinajstić information content (AvgIpc) is 2.84. The van der Waals surface area contributed by atoms with Crippen molar-refractivity contribution >= 4 is 27.7 Å². The summed E-state index contributed by atoms with van der Waals surface area (Å²) < 4.78 is 0.946. The Morgan fingerprint density at radius 3 is 2.25 bits per heavy atom. The van der Waals surface area contributed by atoms with Gasteiger partial charge in [-0.1, -0.05) is 47.0 Å². The lowest BCUT2D eigenvalue weighted by molar-refractivity contribution is -0.154. The molecule has 0 radical (unpaired) electrons. The molecule has 1 saturated carbocycles. The van der Waals surface area contributed by atoms with Gasteiger partial charge in [0, 0.05) is 17.3 Å². The van der Waals surface area contributed by atoms with Crippen LogP contribution in [0, 0.1) is 5.41 Å². The maximum atomic E-state index is 12.4. The quantitative estimate of drug-likeness (QED) is 0.773. The highest BCUT2D eigenvalue weighted by molar-refractivity contribution is 9.10. The second-order valence-corrected chi connectivity index (χ2v) is 6.88. The monoisotopic (exact) mass is 335 g/mol. The molecule has 1 aliphatic carbocycles. The molecule has 0 N–H and O–H groups in total. The Balaban J connectivity index is 1.77. The number of amides is 2. The zero-order valence-corrected chi connectivity index (χ0v) is 13.0. The topological polar surface area (TPSA) is 37.4 Å². The number of hydrogen-bond acceptors (Lipinski definition) is 2. The molecule has 20 heavy (non-hydrogen) atoms. The Morgan fingerprint density at radius 1 is 1.05 bits per heavy atom. The standard InChI is InChI=1S/C16H18BrNO2/c17-13-6-2-1-5-12(13)11-18-14(19)9-16(10-15(18)20)7-3-4-8-16/h1-2,5-6H,3-4,7-11H2. The number of rotatable bonds is 2. The molecule has 106 valence electrons. The molecular weight excluding hydrogens is 318 g/mol. The molecule has 1 aliphatic heterocycles. The summed E-state index contributed by atoms with van der Waals surface area (Å²) in [5.74, 6) is -0.00203. The third-order valence-corrected chi connectivity index (χ3v) is 5.38. The molecule has 3 rings (SSSR count). The van der Waals surface area contributed by atoms with Crippen molar-refractivity contribution < 1.29 is 9.59 Å². The first-order chi connectivity index (χ1) is 9.60. The van der Waals surface area contributed by atoms with Crippen molar-refractivity contribution in [3.63, 3.8) is 0 Å². The number of halogens is 1. The first-order valence-corrected chi connectivity index (χ1v) is 7.96. The Labute approximate surface area is 127 Å². The van der Waals surface area contributed by atoms with Gasteiger partial charge in [0.2, 0.25) is 11.8 Å². The minimum absolute atomic E-state index is 0.00102. The third kappa shape index (κ3) is 2.53. The summed E-state index contributed by atoms with van der Waals surface area (Å²) >= 11 is 3.47. The molecule has 1 spiro atoms. The Bertz CT molecular complexity index is 529. The van der Waals surface area contributed by atoms with Gasteiger partial charge in [-0.05, 0) is 29.9 Å². The van der Waals surface area contributed by atoms with Gasteiger partial charge in [0.15, 0.2) is 0 Å². The van der Waals surface area contributed by atoms with E-state index in [1.165, 1.54) is 4.90 Å². The predicted molar refractivity (Wildman–Crippen MR) is 79.8 cm³/mol. The van der Waals surface area contributed by atoms with Gasteiger partial charge in [-0.3, -0.25) is 14.5 Å². The van der Waals surface area contributed by atoms with Gasteiger partial charge < -0.3 is 0 Å². The number of nitrogens with zero attached hydrogens (tertiary/aromatic N) is 1. The number of hydrogen-bond donors (Lipinski definition) is 0. The van der Waals surface area contributed by atoms with E-state index in [4.69, 9.17) is 0 Å². The van der Waals surface area contributed by atoms with Gasteiger partial charge in [0.05, 0.1) is 6.54 Å². The molecule has 1 aromatic carbocycles. The fraction of sp³-hybridized carbons (Fsp3) is 0.500. The fourth-order valence-electron chi connectivity index (χ4n) is 3.49. The molecule has 2 aliphatic rings. The van der Waals surface area contributed by atoms with Crippen molar-refractivity contribution in [1.29, 1.82) is 0 Å². The molecule has 3 nitrogen and oxygen atoms in total. The van der Waals surface area contributed by atoms with Crippen LogP contribution in [0.3, 0.4) is 0 Å². The van der Waals surface area contributed by atoms with Gasteiger partial charge >= 0.3 is 0 Å². The smallest absolute Gasteiger partial charge is 0.230 e.